The molecule has 0 aromatic carbocycles. The molecule has 1 aliphatic heterocycles. The number of hydrogen-bond acceptors (Lipinski definition) is 2. The number of halogens is 1. The summed E-state index contributed by atoms with van der Waals surface area (Å²) in [5.41, 5.74) is 2.95. The van der Waals surface area contributed by atoms with Crippen LogP contribution in [0.4, 0.5) is 4.39 Å². The Bertz CT molecular complexity index is 122. The van der Waals surface area contributed by atoms with Gasteiger partial charge in [0.1, 0.15) is 0 Å². The summed E-state index contributed by atoms with van der Waals surface area (Å²) in [5.74, 6) is 0.0153. The van der Waals surface area contributed by atoms with Crippen LogP contribution in [0, 0.1) is 0 Å². The minimum absolute atomic E-state index is 0.0153. The molecule has 0 aromatic heterocycles. The molecule has 0 fully saturated rings. The molecule has 0 saturated carbocycles. The van der Waals surface area contributed by atoms with Gasteiger partial charge in [-0.25, -0.2) is 9.40 Å². The highest BCUT2D eigenvalue weighted by molar-refractivity contribution is 4.97. The van der Waals surface area contributed by atoms with Crippen molar-refractivity contribution in [3.05, 3.63) is 11.9 Å². The molecule has 0 saturated heterocycles. The third kappa shape index (κ3) is 1.77. The molecule has 1 N–H and O–H groups in total. The summed E-state index contributed by atoms with van der Waals surface area (Å²) in [7, 11) is 1.84. The van der Waals surface area contributed by atoms with E-state index in [1.54, 1.807) is 6.08 Å². The van der Waals surface area contributed by atoms with Crippen LogP contribution >= 0.6 is 0 Å². The molecular formula is C6H11FN2. The molecule has 1 aliphatic rings. The van der Waals surface area contributed by atoms with Crippen LogP contribution in [0.1, 0.15) is 6.42 Å². The van der Waals surface area contributed by atoms with Crippen molar-refractivity contribution >= 4 is 0 Å². The van der Waals surface area contributed by atoms with E-state index in [1.165, 1.54) is 0 Å². The fourth-order valence-electron chi connectivity index (χ4n) is 0.847. The Kier molecular flexibility index (Phi) is 2.19. The second kappa shape index (κ2) is 2.94. The molecule has 0 atom stereocenters. The normalized spacial score (nSPS) is 21.8. The van der Waals surface area contributed by atoms with Crippen molar-refractivity contribution in [2.24, 2.45) is 0 Å². The monoisotopic (exact) mass is 130 g/mol. The van der Waals surface area contributed by atoms with E-state index in [0.717, 1.165) is 6.54 Å². The van der Waals surface area contributed by atoms with Gasteiger partial charge in [0.15, 0.2) is 0 Å². The van der Waals surface area contributed by atoms with Crippen LogP contribution in [0.3, 0.4) is 0 Å². The first kappa shape index (κ1) is 6.71. The molecule has 52 valence electrons. The van der Waals surface area contributed by atoms with E-state index < -0.39 is 0 Å². The zero-order valence-electron chi connectivity index (χ0n) is 5.52. The van der Waals surface area contributed by atoms with Gasteiger partial charge in [-0.2, -0.15) is 0 Å². The fourth-order valence-corrected chi connectivity index (χ4v) is 0.847. The van der Waals surface area contributed by atoms with Crippen molar-refractivity contribution in [1.82, 2.24) is 10.4 Å². The Balaban J connectivity index is 2.36. The minimum Gasteiger partial charge on any atom is -0.258 e. The van der Waals surface area contributed by atoms with Crippen molar-refractivity contribution in [3.8, 4) is 0 Å². The van der Waals surface area contributed by atoms with Crippen molar-refractivity contribution in [1.29, 1.82) is 0 Å². The van der Waals surface area contributed by atoms with Crippen LogP contribution in [0.15, 0.2) is 11.9 Å². The lowest BCUT2D eigenvalue weighted by atomic mass is 10.3. The average molecular weight is 130 g/mol. The van der Waals surface area contributed by atoms with Gasteiger partial charge >= 0.3 is 0 Å². The number of hydrogen-bond donors (Lipinski definition) is 1. The fraction of sp³-hybridized carbons (Fsp3) is 0.667. The predicted molar refractivity (Wildman–Crippen MR) is 34.4 cm³/mol. The molecule has 0 unspecified atom stereocenters. The minimum atomic E-state index is 0.0153. The molecule has 1 heterocycles. The molecule has 1 rings (SSSR count). The van der Waals surface area contributed by atoms with E-state index in [9.17, 15) is 4.39 Å². The maximum atomic E-state index is 12.3. The zero-order chi connectivity index (χ0) is 6.69. The topological polar surface area (TPSA) is 15.3 Å². The molecular weight excluding hydrogens is 119 g/mol. The zero-order valence-corrected chi connectivity index (χ0v) is 5.52. The molecule has 0 amide bonds. The molecule has 0 radical (unpaired) electrons. The van der Waals surface area contributed by atoms with Gasteiger partial charge in [-0.05, 0) is 13.1 Å². The molecule has 3 heteroatoms. The van der Waals surface area contributed by atoms with E-state index in [1.807, 2.05) is 12.1 Å². The summed E-state index contributed by atoms with van der Waals surface area (Å²) >= 11 is 0. The molecule has 0 bridgehead atoms. The second-order valence-corrected chi connectivity index (χ2v) is 2.07. The summed E-state index contributed by atoms with van der Waals surface area (Å²) in [5, 5.41) is 1.96. The number of rotatable bonds is 1. The second-order valence-electron chi connectivity index (χ2n) is 2.07. The van der Waals surface area contributed by atoms with E-state index >= 15 is 0 Å². The first-order valence-corrected chi connectivity index (χ1v) is 3.10. The summed E-state index contributed by atoms with van der Waals surface area (Å²) in [6, 6.07) is 0. The smallest absolute Gasteiger partial charge is 0.0986 e. The highest BCUT2D eigenvalue weighted by atomic mass is 19.1. The van der Waals surface area contributed by atoms with Crippen molar-refractivity contribution in [2.75, 3.05) is 20.1 Å². The first-order chi connectivity index (χ1) is 4.33. The maximum absolute atomic E-state index is 12.3. The highest BCUT2D eigenvalue weighted by Crippen LogP contribution is 2.08. The van der Waals surface area contributed by atoms with E-state index in [2.05, 4.69) is 5.43 Å². The standard InChI is InChI=1S/C6H11FN2/c1-8-9-4-2-6(7)3-5-9/h2,8H,3-5H2,1H3. The lowest BCUT2D eigenvalue weighted by molar-refractivity contribution is 0.215. The Hall–Kier alpha value is -0.410. The van der Waals surface area contributed by atoms with Crippen LogP contribution in [-0.4, -0.2) is 25.1 Å². The lowest BCUT2D eigenvalue weighted by Gasteiger charge is -2.21. The Labute approximate surface area is 54.3 Å². The van der Waals surface area contributed by atoms with Crippen LogP contribution in [-0.2, 0) is 0 Å². The number of nitrogens with one attached hydrogen (secondary N) is 1. The summed E-state index contributed by atoms with van der Waals surface area (Å²) in [6.07, 6.45) is 2.14. The number of hydrazine groups is 1. The Morgan fingerprint density at radius 2 is 2.56 bits per heavy atom. The van der Waals surface area contributed by atoms with Gasteiger partial charge in [-0.1, -0.05) is 0 Å². The maximum Gasteiger partial charge on any atom is 0.0986 e. The molecule has 2 nitrogen and oxygen atoms in total. The Morgan fingerprint density at radius 3 is 3.00 bits per heavy atom. The van der Waals surface area contributed by atoms with E-state index in [-0.39, 0.29) is 5.83 Å². The van der Waals surface area contributed by atoms with Gasteiger partial charge in [0.25, 0.3) is 0 Å². The van der Waals surface area contributed by atoms with Crippen LogP contribution < -0.4 is 5.43 Å². The SMILES string of the molecule is CNN1CC=C(F)CC1. The summed E-state index contributed by atoms with van der Waals surface area (Å²) < 4.78 is 12.3. The van der Waals surface area contributed by atoms with Gasteiger partial charge in [-0.15, -0.1) is 0 Å². The van der Waals surface area contributed by atoms with Gasteiger partial charge in [0.05, 0.1) is 5.83 Å². The quantitative estimate of drug-likeness (QED) is 0.561. The van der Waals surface area contributed by atoms with Gasteiger partial charge in [-0.3, -0.25) is 5.43 Å². The Morgan fingerprint density at radius 1 is 1.78 bits per heavy atom. The largest absolute Gasteiger partial charge is 0.258 e. The molecule has 0 aliphatic carbocycles. The predicted octanol–water partition coefficient (Wildman–Crippen LogP) is 0.680. The van der Waals surface area contributed by atoms with Gasteiger partial charge < -0.3 is 0 Å². The molecule has 0 spiro atoms. The number of nitrogens with zero attached hydrogens (tertiary/aromatic N) is 1. The van der Waals surface area contributed by atoms with Crippen molar-refractivity contribution in [2.45, 2.75) is 6.42 Å². The van der Waals surface area contributed by atoms with Crippen molar-refractivity contribution in [3.63, 3.8) is 0 Å². The van der Waals surface area contributed by atoms with Crippen LogP contribution in [0.5, 0.6) is 0 Å². The average Bonchev–Trinajstić information content (AvgIpc) is 1.90. The van der Waals surface area contributed by atoms with Gasteiger partial charge in [0.2, 0.25) is 0 Å². The highest BCUT2D eigenvalue weighted by Gasteiger charge is 2.07. The molecule has 9 heavy (non-hydrogen) atoms. The third-order valence-electron chi connectivity index (χ3n) is 1.47. The lowest BCUT2D eigenvalue weighted by Crippen LogP contribution is -2.37. The van der Waals surface area contributed by atoms with Crippen molar-refractivity contribution < 1.29 is 4.39 Å². The summed E-state index contributed by atoms with van der Waals surface area (Å²) in [4.78, 5) is 0. The van der Waals surface area contributed by atoms with Crippen LogP contribution in [0.2, 0.25) is 0 Å². The van der Waals surface area contributed by atoms with Crippen LogP contribution in [0.25, 0.3) is 0 Å². The van der Waals surface area contributed by atoms with E-state index in [0.29, 0.717) is 13.0 Å². The first-order valence-electron chi connectivity index (χ1n) is 3.10. The summed E-state index contributed by atoms with van der Waals surface area (Å²) in [6.45, 7) is 1.46. The van der Waals surface area contributed by atoms with E-state index in [4.69, 9.17) is 0 Å². The van der Waals surface area contributed by atoms with Gasteiger partial charge in [0, 0.05) is 19.5 Å². The molecule has 0 aromatic rings. The third-order valence-corrected chi connectivity index (χ3v) is 1.47.